The predicted octanol–water partition coefficient (Wildman–Crippen LogP) is 1.50. The minimum atomic E-state index is -1.51. The fraction of sp³-hybridized carbons (Fsp3) is 0.900. The predicted molar refractivity (Wildman–Crippen MR) is 75.9 cm³/mol. The highest BCUT2D eigenvalue weighted by atomic mass is 31.2. The molecule has 1 radical (unpaired) electrons. The maximum atomic E-state index is 6.07. The van der Waals surface area contributed by atoms with Crippen LogP contribution < -0.4 is 0 Å². The van der Waals surface area contributed by atoms with Crippen molar-refractivity contribution in [1.29, 1.82) is 0 Å². The topological polar surface area (TPSA) is 27.7 Å². The molecular formula is C10H22BO3P2. The highest BCUT2D eigenvalue weighted by Crippen LogP contribution is 2.44. The van der Waals surface area contributed by atoms with E-state index >= 15 is 0 Å². The summed E-state index contributed by atoms with van der Waals surface area (Å²) >= 11 is 0. The van der Waals surface area contributed by atoms with E-state index in [4.69, 9.17) is 14.0 Å². The Balaban J connectivity index is 2.72. The van der Waals surface area contributed by atoms with Crippen LogP contribution in [0.25, 0.3) is 0 Å². The van der Waals surface area contributed by atoms with Crippen LogP contribution in [0, 0.1) is 5.92 Å². The molecule has 1 fully saturated rings. The maximum absolute atomic E-state index is 6.07. The van der Waals surface area contributed by atoms with E-state index in [1.54, 1.807) is 7.11 Å². The van der Waals surface area contributed by atoms with Crippen LogP contribution in [0.2, 0.25) is 0 Å². The van der Waals surface area contributed by atoms with Crippen molar-refractivity contribution in [3.8, 4) is 0 Å². The fourth-order valence-corrected chi connectivity index (χ4v) is 3.37. The quantitative estimate of drug-likeness (QED) is 0.555. The highest BCUT2D eigenvalue weighted by Gasteiger charge is 2.42. The first-order valence-corrected chi connectivity index (χ1v) is 8.90. The minimum Gasteiger partial charge on any atom is -0.382 e. The SMILES string of the molecule is C=P(C)(C)O[C@@H]1C(C)[C@H]([B]P)O[C@@H]1COC. The Labute approximate surface area is 102 Å². The molecule has 0 aliphatic carbocycles. The van der Waals surface area contributed by atoms with Crippen molar-refractivity contribution in [3.63, 3.8) is 0 Å². The van der Waals surface area contributed by atoms with E-state index in [1.165, 1.54) is 0 Å². The van der Waals surface area contributed by atoms with Crippen LogP contribution in [0.5, 0.6) is 0 Å². The van der Waals surface area contributed by atoms with Crippen molar-refractivity contribution in [2.75, 3.05) is 27.0 Å². The van der Waals surface area contributed by atoms with Gasteiger partial charge in [-0.25, -0.2) is 0 Å². The van der Waals surface area contributed by atoms with E-state index in [9.17, 15) is 0 Å². The average molecular weight is 263 g/mol. The first-order chi connectivity index (χ1) is 7.39. The summed E-state index contributed by atoms with van der Waals surface area (Å²) in [6, 6.07) is 0.127. The summed E-state index contributed by atoms with van der Waals surface area (Å²) in [5.74, 6) is 0.346. The third-order valence-corrected chi connectivity index (χ3v) is 3.86. The number of ether oxygens (including phenoxy) is 2. The third kappa shape index (κ3) is 3.86. The molecule has 0 N–H and O–H groups in total. The average Bonchev–Trinajstić information content (AvgIpc) is 2.44. The van der Waals surface area contributed by atoms with Gasteiger partial charge in [-0.2, -0.15) is 9.12 Å². The lowest BCUT2D eigenvalue weighted by atomic mass is 9.85. The Kier molecular flexibility index (Phi) is 5.55. The van der Waals surface area contributed by atoms with Crippen molar-refractivity contribution >= 4 is 29.5 Å². The molecule has 1 rings (SSSR count). The van der Waals surface area contributed by atoms with Crippen molar-refractivity contribution in [2.24, 2.45) is 5.92 Å². The van der Waals surface area contributed by atoms with Crippen LogP contribution >= 0.6 is 16.2 Å². The van der Waals surface area contributed by atoms with E-state index in [0.717, 1.165) is 0 Å². The van der Waals surface area contributed by atoms with Crippen molar-refractivity contribution in [3.05, 3.63) is 0 Å². The number of rotatable bonds is 5. The molecule has 0 aromatic carbocycles. The van der Waals surface area contributed by atoms with Crippen molar-refractivity contribution in [2.45, 2.75) is 25.1 Å². The van der Waals surface area contributed by atoms with Crippen molar-refractivity contribution in [1.82, 2.24) is 0 Å². The maximum Gasteiger partial charge on any atom is 0.177 e. The van der Waals surface area contributed by atoms with Crippen LogP contribution in [-0.2, 0) is 14.0 Å². The minimum absolute atomic E-state index is 0.0165. The Morgan fingerprint density at radius 3 is 2.56 bits per heavy atom. The number of hydrogen-bond donors (Lipinski definition) is 0. The normalized spacial score (nSPS) is 35.3. The third-order valence-electron chi connectivity index (χ3n) is 2.66. The smallest absolute Gasteiger partial charge is 0.177 e. The van der Waals surface area contributed by atoms with Gasteiger partial charge in [0.1, 0.15) is 6.10 Å². The van der Waals surface area contributed by atoms with Gasteiger partial charge in [-0.15, -0.1) is 0 Å². The Morgan fingerprint density at radius 2 is 2.12 bits per heavy atom. The van der Waals surface area contributed by atoms with Gasteiger partial charge in [0.2, 0.25) is 0 Å². The summed E-state index contributed by atoms with van der Waals surface area (Å²) in [6.07, 6.45) is 4.19. The van der Waals surface area contributed by atoms with Gasteiger partial charge >= 0.3 is 0 Å². The molecule has 0 spiro atoms. The summed E-state index contributed by atoms with van der Waals surface area (Å²) in [7, 11) is 2.80. The summed E-state index contributed by atoms with van der Waals surface area (Å²) in [5.41, 5.74) is 0. The molecule has 16 heavy (non-hydrogen) atoms. The first kappa shape index (κ1) is 14.7. The van der Waals surface area contributed by atoms with Crippen LogP contribution in [0.3, 0.4) is 0 Å². The lowest BCUT2D eigenvalue weighted by Gasteiger charge is -2.26. The second-order valence-corrected chi connectivity index (χ2v) is 8.53. The van der Waals surface area contributed by atoms with Crippen molar-refractivity contribution < 1.29 is 14.0 Å². The van der Waals surface area contributed by atoms with Crippen LogP contribution in [0.1, 0.15) is 6.92 Å². The fourth-order valence-electron chi connectivity index (χ4n) is 1.94. The number of hydrogen-bond acceptors (Lipinski definition) is 3. The van der Waals surface area contributed by atoms with E-state index < -0.39 is 7.11 Å². The molecule has 0 aromatic heterocycles. The summed E-state index contributed by atoms with van der Waals surface area (Å²) in [6.45, 7) is 8.87. The van der Waals surface area contributed by atoms with E-state index in [-0.39, 0.29) is 18.2 Å². The molecule has 2 unspecified atom stereocenters. The summed E-state index contributed by atoms with van der Waals surface area (Å²) < 4.78 is 17.1. The molecule has 0 aromatic rings. The zero-order valence-electron chi connectivity index (χ0n) is 10.6. The molecule has 93 valence electrons. The molecule has 1 heterocycles. The van der Waals surface area contributed by atoms with Gasteiger partial charge in [-0.05, 0) is 20.4 Å². The molecule has 1 aliphatic rings. The largest absolute Gasteiger partial charge is 0.382 e. The van der Waals surface area contributed by atoms with E-state index in [1.807, 2.05) is 7.00 Å². The standard InChI is InChI=1S/C10H22BO3P2/c1-7-9(14-16(3,4)5)8(6-12-2)13-10(7)11-15/h7-10H,3,6,15H2,1-2,4-5H3/t7?,8-,9-,10-/m1/s1. The van der Waals surface area contributed by atoms with Gasteiger partial charge in [0.15, 0.2) is 7.00 Å². The molecule has 5 atom stereocenters. The summed E-state index contributed by atoms with van der Waals surface area (Å²) in [4.78, 5) is 0. The van der Waals surface area contributed by atoms with Crippen LogP contribution in [-0.4, -0.2) is 58.6 Å². The lowest BCUT2D eigenvalue weighted by molar-refractivity contribution is -0.00833. The zero-order valence-corrected chi connectivity index (χ0v) is 12.6. The van der Waals surface area contributed by atoms with Crippen LogP contribution in [0.4, 0.5) is 0 Å². The molecule has 0 amide bonds. The summed E-state index contributed by atoms with van der Waals surface area (Å²) in [5, 5.41) is 0. The van der Waals surface area contributed by atoms with Gasteiger partial charge < -0.3 is 14.0 Å². The molecule has 3 nitrogen and oxygen atoms in total. The van der Waals surface area contributed by atoms with Gasteiger partial charge in [0, 0.05) is 19.0 Å². The molecule has 1 saturated heterocycles. The van der Waals surface area contributed by atoms with Gasteiger partial charge in [-0.1, -0.05) is 13.2 Å². The van der Waals surface area contributed by atoms with E-state index in [0.29, 0.717) is 12.5 Å². The van der Waals surface area contributed by atoms with Crippen LogP contribution in [0.15, 0.2) is 0 Å². The molecule has 0 saturated carbocycles. The van der Waals surface area contributed by atoms with Gasteiger partial charge in [0.05, 0.1) is 12.7 Å². The van der Waals surface area contributed by atoms with Gasteiger partial charge in [0.25, 0.3) is 0 Å². The monoisotopic (exact) mass is 263 g/mol. The first-order valence-electron chi connectivity index (χ1n) is 5.45. The molecule has 0 bridgehead atoms. The van der Waals surface area contributed by atoms with Gasteiger partial charge in [-0.3, -0.25) is 0 Å². The molecule has 1 aliphatic heterocycles. The second kappa shape index (κ2) is 6.02. The zero-order chi connectivity index (χ0) is 12.3. The lowest BCUT2D eigenvalue weighted by Crippen LogP contribution is -2.31. The number of methoxy groups -OCH3 is 1. The second-order valence-electron chi connectivity index (χ2n) is 4.79. The molecule has 6 heteroatoms. The Morgan fingerprint density at radius 1 is 1.50 bits per heavy atom. The molecular weight excluding hydrogens is 241 g/mol. The Hall–Kier alpha value is 0.675. The highest BCUT2D eigenvalue weighted by molar-refractivity contribution is 7.67. The Bertz CT molecular complexity index is 269. The van der Waals surface area contributed by atoms with E-state index in [2.05, 4.69) is 35.7 Å².